The molecule has 2 saturated carbocycles. The van der Waals surface area contributed by atoms with Crippen molar-refractivity contribution in [2.75, 3.05) is 13.6 Å². The molecule has 0 bridgehead atoms. The summed E-state index contributed by atoms with van der Waals surface area (Å²) in [5.41, 5.74) is 3.47. The summed E-state index contributed by atoms with van der Waals surface area (Å²) in [4.78, 5) is 2.62. The zero-order valence-corrected chi connectivity index (χ0v) is 11.5. The lowest BCUT2D eigenvalue weighted by atomic mass is 9.42. The Kier molecular flexibility index (Phi) is 1.79. The van der Waals surface area contributed by atoms with E-state index in [1.54, 1.807) is 0 Å². The second-order valence-electron chi connectivity index (χ2n) is 7.28. The second kappa shape index (κ2) is 3.17. The molecule has 3 fully saturated rings. The van der Waals surface area contributed by atoms with Gasteiger partial charge in [-0.3, -0.25) is 0 Å². The first-order valence-electron chi connectivity index (χ1n) is 7.74. The van der Waals surface area contributed by atoms with Gasteiger partial charge in [0.15, 0.2) is 0 Å². The Morgan fingerprint density at radius 3 is 3.16 bits per heavy atom. The van der Waals surface area contributed by atoms with Gasteiger partial charge in [-0.1, -0.05) is 12.5 Å². The Balaban J connectivity index is 1.75. The van der Waals surface area contributed by atoms with Crippen LogP contribution in [0.4, 0.5) is 0 Å². The molecule has 2 heteroatoms. The molecule has 1 aromatic carbocycles. The molecule has 5 atom stereocenters. The Bertz CT molecular complexity index is 568. The fraction of sp³-hybridized carbons (Fsp3) is 0.647. The molecule has 19 heavy (non-hydrogen) atoms. The molecule has 1 N–H and O–H groups in total. The fourth-order valence-corrected chi connectivity index (χ4v) is 6.39. The molecule has 1 aliphatic heterocycles. The van der Waals surface area contributed by atoms with E-state index in [2.05, 4.69) is 24.1 Å². The molecular weight excluding hydrogens is 234 g/mol. The van der Waals surface area contributed by atoms with E-state index in [1.807, 2.05) is 6.07 Å². The van der Waals surface area contributed by atoms with E-state index < -0.39 is 0 Å². The van der Waals surface area contributed by atoms with Crippen molar-refractivity contribution in [1.82, 2.24) is 4.90 Å². The highest BCUT2D eigenvalue weighted by Crippen LogP contribution is 2.71. The summed E-state index contributed by atoms with van der Waals surface area (Å²) in [6.45, 7) is 1.31. The van der Waals surface area contributed by atoms with Crippen LogP contribution in [0.15, 0.2) is 18.2 Å². The maximum atomic E-state index is 9.92. The van der Waals surface area contributed by atoms with E-state index in [9.17, 15) is 5.11 Å². The molecule has 1 aromatic rings. The monoisotopic (exact) mass is 255 g/mol. The van der Waals surface area contributed by atoms with Gasteiger partial charge in [-0.05, 0) is 67.3 Å². The SMILES string of the molecule is CN1CC2C3CCC[C@]34c3cc(O)ccc3C[C@H]1[C@@H]24. The van der Waals surface area contributed by atoms with Crippen molar-refractivity contribution in [2.24, 2.45) is 17.8 Å². The third-order valence-electron chi connectivity index (χ3n) is 6.84. The number of fused-ring (bicyclic) bond motifs is 2. The van der Waals surface area contributed by atoms with E-state index in [0.717, 1.165) is 23.8 Å². The number of hydrogen-bond donors (Lipinski definition) is 1. The minimum absolute atomic E-state index is 0.437. The molecule has 0 aromatic heterocycles. The predicted octanol–water partition coefficient (Wildman–Crippen LogP) is 2.55. The van der Waals surface area contributed by atoms with E-state index in [4.69, 9.17) is 0 Å². The Morgan fingerprint density at radius 2 is 2.26 bits per heavy atom. The number of nitrogens with zero attached hydrogens (tertiary/aromatic N) is 1. The minimum atomic E-state index is 0.437. The summed E-state index contributed by atoms with van der Waals surface area (Å²) < 4.78 is 0. The fourth-order valence-electron chi connectivity index (χ4n) is 6.39. The molecule has 0 amide bonds. The summed E-state index contributed by atoms with van der Waals surface area (Å²) in [6, 6.07) is 6.92. The number of rotatable bonds is 0. The Morgan fingerprint density at radius 1 is 1.37 bits per heavy atom. The van der Waals surface area contributed by atoms with E-state index in [0.29, 0.717) is 11.2 Å². The quantitative estimate of drug-likeness (QED) is 0.770. The van der Waals surface area contributed by atoms with Gasteiger partial charge < -0.3 is 10.0 Å². The van der Waals surface area contributed by atoms with Crippen molar-refractivity contribution in [3.63, 3.8) is 0 Å². The van der Waals surface area contributed by atoms with Crippen molar-refractivity contribution in [3.8, 4) is 5.75 Å². The summed E-state index contributed by atoms with van der Waals surface area (Å²) in [5, 5.41) is 9.92. The smallest absolute Gasteiger partial charge is 0.115 e. The van der Waals surface area contributed by atoms with E-state index in [1.165, 1.54) is 43.4 Å². The normalized spacial score (nSPS) is 46.4. The molecule has 0 radical (unpaired) electrons. The molecule has 100 valence electrons. The lowest BCUT2D eigenvalue weighted by Crippen LogP contribution is -2.61. The molecule has 3 aliphatic carbocycles. The van der Waals surface area contributed by atoms with Gasteiger partial charge in [-0.2, -0.15) is 0 Å². The minimum Gasteiger partial charge on any atom is -0.508 e. The summed E-state index contributed by atoms with van der Waals surface area (Å²) in [7, 11) is 2.32. The van der Waals surface area contributed by atoms with Crippen LogP contribution < -0.4 is 0 Å². The third-order valence-corrected chi connectivity index (χ3v) is 6.84. The summed E-state index contributed by atoms with van der Waals surface area (Å²) in [6.07, 6.45) is 5.36. The first-order chi connectivity index (χ1) is 9.22. The largest absolute Gasteiger partial charge is 0.508 e. The molecule has 2 nitrogen and oxygen atoms in total. The number of likely N-dealkylation sites (tertiary alicyclic amines) is 1. The first-order valence-corrected chi connectivity index (χ1v) is 7.74. The zero-order chi connectivity index (χ0) is 12.8. The number of benzene rings is 1. The van der Waals surface area contributed by atoms with Crippen molar-refractivity contribution in [3.05, 3.63) is 29.3 Å². The topological polar surface area (TPSA) is 23.5 Å². The molecule has 1 heterocycles. The third kappa shape index (κ3) is 1.02. The number of phenols is 1. The van der Waals surface area contributed by atoms with Crippen LogP contribution in [-0.4, -0.2) is 29.6 Å². The van der Waals surface area contributed by atoms with Gasteiger partial charge in [0.1, 0.15) is 5.75 Å². The van der Waals surface area contributed by atoms with Crippen LogP contribution in [0.2, 0.25) is 0 Å². The summed E-state index contributed by atoms with van der Waals surface area (Å²) >= 11 is 0. The van der Waals surface area contributed by atoms with Gasteiger partial charge >= 0.3 is 0 Å². The van der Waals surface area contributed by atoms with Gasteiger partial charge in [0.2, 0.25) is 0 Å². The second-order valence-corrected chi connectivity index (χ2v) is 7.28. The highest BCUT2D eigenvalue weighted by Gasteiger charge is 2.70. The van der Waals surface area contributed by atoms with Gasteiger partial charge in [0.05, 0.1) is 0 Å². The lowest BCUT2D eigenvalue weighted by Gasteiger charge is -2.61. The van der Waals surface area contributed by atoms with Crippen LogP contribution in [0, 0.1) is 17.8 Å². The van der Waals surface area contributed by atoms with Crippen LogP contribution >= 0.6 is 0 Å². The van der Waals surface area contributed by atoms with Gasteiger partial charge in [-0.15, -0.1) is 0 Å². The van der Waals surface area contributed by atoms with Crippen molar-refractivity contribution in [2.45, 2.75) is 37.1 Å². The molecule has 2 unspecified atom stereocenters. The van der Waals surface area contributed by atoms with Gasteiger partial charge in [0.25, 0.3) is 0 Å². The van der Waals surface area contributed by atoms with Crippen molar-refractivity contribution in [1.29, 1.82) is 0 Å². The average molecular weight is 255 g/mol. The molecular formula is C17H21NO. The predicted molar refractivity (Wildman–Crippen MR) is 74.2 cm³/mol. The standard InChI is InChI=1S/C17H21NO/c1-18-9-12-13-3-2-6-17(13)14-8-11(19)5-4-10(14)7-15(18)16(12)17/h4-5,8,12-13,15-16,19H,2-3,6-7,9H2,1H3/t12?,13?,15-,16+,17+/m0/s1. The average Bonchev–Trinajstić information content (AvgIpc) is 2.88. The number of aromatic hydroxyl groups is 1. The molecule has 1 spiro atoms. The van der Waals surface area contributed by atoms with Gasteiger partial charge in [0, 0.05) is 18.0 Å². The van der Waals surface area contributed by atoms with Crippen molar-refractivity contribution >= 4 is 0 Å². The van der Waals surface area contributed by atoms with Crippen LogP contribution in [0.3, 0.4) is 0 Å². The molecule has 4 aliphatic rings. The summed E-state index contributed by atoms with van der Waals surface area (Å²) in [5.74, 6) is 3.17. The van der Waals surface area contributed by atoms with E-state index in [-0.39, 0.29) is 0 Å². The Hall–Kier alpha value is -1.02. The van der Waals surface area contributed by atoms with Crippen LogP contribution in [0.1, 0.15) is 30.4 Å². The number of likely N-dealkylation sites (N-methyl/N-ethyl adjacent to an activating group) is 1. The lowest BCUT2D eigenvalue weighted by molar-refractivity contribution is -0.0243. The van der Waals surface area contributed by atoms with Gasteiger partial charge in [-0.25, -0.2) is 0 Å². The first kappa shape index (κ1) is 10.7. The number of hydrogen-bond acceptors (Lipinski definition) is 2. The number of phenolic OH excluding ortho intramolecular Hbond substituents is 1. The molecule has 5 rings (SSSR count). The molecule has 1 saturated heterocycles. The Labute approximate surface area is 114 Å². The van der Waals surface area contributed by atoms with Crippen LogP contribution in [0.25, 0.3) is 0 Å². The highest BCUT2D eigenvalue weighted by molar-refractivity contribution is 5.49. The highest BCUT2D eigenvalue weighted by atomic mass is 16.3. The van der Waals surface area contributed by atoms with Crippen LogP contribution in [-0.2, 0) is 11.8 Å². The maximum Gasteiger partial charge on any atom is 0.115 e. The van der Waals surface area contributed by atoms with Crippen LogP contribution in [0.5, 0.6) is 5.75 Å². The maximum absolute atomic E-state index is 9.92. The van der Waals surface area contributed by atoms with Crippen molar-refractivity contribution < 1.29 is 5.11 Å². The zero-order valence-electron chi connectivity index (χ0n) is 11.5. The van der Waals surface area contributed by atoms with E-state index >= 15 is 0 Å².